The third kappa shape index (κ3) is 3.51. The number of ether oxygens (including phenoxy) is 1. The topological polar surface area (TPSA) is 46.5 Å². The molecule has 0 atom stereocenters. The molecule has 0 aliphatic rings. The van der Waals surface area contributed by atoms with Gasteiger partial charge in [-0.2, -0.15) is 0 Å². The second-order valence-corrected chi connectivity index (χ2v) is 4.95. The second-order valence-electron chi connectivity index (χ2n) is 4.95. The average Bonchev–Trinajstić information content (AvgIpc) is 2.47. The molecule has 0 unspecified atom stereocenters. The molecule has 3 heteroatoms. The smallest absolute Gasteiger partial charge is 0.186 e. The molecular formula is C18H18O3. The van der Waals surface area contributed by atoms with Gasteiger partial charge in [0.1, 0.15) is 0 Å². The van der Waals surface area contributed by atoms with Crippen LogP contribution in [0.5, 0.6) is 11.5 Å². The number of carbonyl (C=O) groups is 1. The van der Waals surface area contributed by atoms with Gasteiger partial charge in [-0.3, -0.25) is 4.79 Å². The van der Waals surface area contributed by atoms with Crippen LogP contribution in [0.3, 0.4) is 0 Å². The van der Waals surface area contributed by atoms with Gasteiger partial charge in [0.25, 0.3) is 0 Å². The molecule has 2 rings (SSSR count). The minimum Gasteiger partial charge on any atom is -0.504 e. The van der Waals surface area contributed by atoms with Crippen LogP contribution in [0, 0.1) is 13.8 Å². The minimum atomic E-state index is -0.0495. The van der Waals surface area contributed by atoms with Gasteiger partial charge in [0.15, 0.2) is 17.3 Å². The highest BCUT2D eigenvalue weighted by Crippen LogP contribution is 2.26. The van der Waals surface area contributed by atoms with E-state index in [1.165, 1.54) is 13.2 Å². The third-order valence-electron chi connectivity index (χ3n) is 3.29. The molecule has 0 aromatic heterocycles. The lowest BCUT2D eigenvalue weighted by atomic mass is 10.0. The molecule has 0 spiro atoms. The van der Waals surface area contributed by atoms with E-state index in [9.17, 15) is 9.90 Å². The summed E-state index contributed by atoms with van der Waals surface area (Å²) in [5, 5.41) is 9.71. The summed E-state index contributed by atoms with van der Waals surface area (Å²) in [5.41, 5.74) is 3.45. The van der Waals surface area contributed by atoms with E-state index in [0.717, 1.165) is 16.7 Å². The molecule has 108 valence electrons. The van der Waals surface area contributed by atoms with Gasteiger partial charge in [-0.05, 0) is 49.2 Å². The lowest BCUT2D eigenvalue weighted by Crippen LogP contribution is -1.98. The van der Waals surface area contributed by atoms with E-state index in [-0.39, 0.29) is 11.5 Å². The summed E-state index contributed by atoms with van der Waals surface area (Å²) in [4.78, 5) is 12.2. The van der Waals surface area contributed by atoms with Crippen molar-refractivity contribution in [2.75, 3.05) is 7.11 Å². The predicted molar refractivity (Wildman–Crippen MR) is 83.9 cm³/mol. The number of aryl methyl sites for hydroxylation is 2. The molecule has 3 nitrogen and oxygen atoms in total. The number of methoxy groups -OCH3 is 1. The van der Waals surface area contributed by atoms with Crippen LogP contribution in [0.1, 0.15) is 27.0 Å². The highest BCUT2D eigenvalue weighted by Gasteiger charge is 2.06. The van der Waals surface area contributed by atoms with Crippen LogP contribution in [-0.4, -0.2) is 18.0 Å². The maximum atomic E-state index is 12.2. The fourth-order valence-electron chi connectivity index (χ4n) is 2.07. The van der Waals surface area contributed by atoms with Crippen molar-refractivity contribution in [3.05, 3.63) is 64.7 Å². The first-order valence-corrected chi connectivity index (χ1v) is 6.68. The van der Waals surface area contributed by atoms with Gasteiger partial charge < -0.3 is 9.84 Å². The van der Waals surface area contributed by atoms with Crippen molar-refractivity contribution < 1.29 is 14.6 Å². The van der Waals surface area contributed by atoms with Crippen molar-refractivity contribution in [1.29, 1.82) is 0 Å². The van der Waals surface area contributed by atoms with Crippen molar-refractivity contribution in [3.8, 4) is 11.5 Å². The summed E-state index contributed by atoms with van der Waals surface area (Å²) in [7, 11) is 1.49. The van der Waals surface area contributed by atoms with Crippen molar-refractivity contribution >= 4 is 11.9 Å². The van der Waals surface area contributed by atoms with Crippen LogP contribution < -0.4 is 4.74 Å². The third-order valence-corrected chi connectivity index (χ3v) is 3.29. The highest BCUT2D eigenvalue weighted by molar-refractivity contribution is 6.07. The fraction of sp³-hybridized carbons (Fsp3) is 0.167. The molecule has 0 aliphatic heterocycles. The number of carbonyl (C=O) groups excluding carboxylic acids is 1. The van der Waals surface area contributed by atoms with Crippen molar-refractivity contribution in [2.45, 2.75) is 13.8 Å². The molecule has 0 aliphatic carbocycles. The van der Waals surface area contributed by atoms with Crippen molar-refractivity contribution in [3.63, 3.8) is 0 Å². The number of rotatable bonds is 4. The number of hydrogen-bond acceptors (Lipinski definition) is 3. The Kier molecular flexibility index (Phi) is 4.43. The van der Waals surface area contributed by atoms with E-state index in [4.69, 9.17) is 4.74 Å². The molecule has 0 amide bonds. The summed E-state index contributed by atoms with van der Waals surface area (Å²) in [6.07, 6.45) is 3.20. The number of phenols is 1. The number of benzene rings is 2. The first-order valence-electron chi connectivity index (χ1n) is 6.68. The monoisotopic (exact) mass is 282 g/mol. The summed E-state index contributed by atoms with van der Waals surface area (Å²) in [6, 6.07) is 10.8. The summed E-state index contributed by atoms with van der Waals surface area (Å²) in [5.74, 6) is 0.415. The molecule has 0 saturated carbocycles. The second kappa shape index (κ2) is 6.27. The Bertz CT molecular complexity index is 700. The zero-order valence-corrected chi connectivity index (χ0v) is 12.4. The molecule has 1 N–H and O–H groups in total. The van der Waals surface area contributed by atoms with E-state index in [0.29, 0.717) is 11.3 Å². The maximum absolute atomic E-state index is 12.2. The van der Waals surface area contributed by atoms with Gasteiger partial charge in [0, 0.05) is 5.56 Å². The lowest BCUT2D eigenvalue weighted by Gasteiger charge is -2.04. The summed E-state index contributed by atoms with van der Waals surface area (Å²) >= 11 is 0. The Morgan fingerprint density at radius 2 is 1.90 bits per heavy atom. The van der Waals surface area contributed by atoms with Gasteiger partial charge in [-0.1, -0.05) is 29.8 Å². The Morgan fingerprint density at radius 1 is 1.14 bits per heavy atom. The van der Waals surface area contributed by atoms with Gasteiger partial charge in [0.05, 0.1) is 7.11 Å². The van der Waals surface area contributed by atoms with Crippen molar-refractivity contribution in [2.24, 2.45) is 0 Å². The molecule has 2 aromatic carbocycles. The first-order chi connectivity index (χ1) is 10.0. The molecule has 0 bridgehead atoms. The van der Waals surface area contributed by atoms with Crippen LogP contribution in [0.25, 0.3) is 6.08 Å². The molecule has 0 radical (unpaired) electrons. The van der Waals surface area contributed by atoms with Crippen LogP contribution >= 0.6 is 0 Å². The Labute approximate surface area is 124 Å². The van der Waals surface area contributed by atoms with E-state index in [1.54, 1.807) is 24.3 Å². The molecule has 0 saturated heterocycles. The predicted octanol–water partition coefficient (Wildman–Crippen LogP) is 3.91. The van der Waals surface area contributed by atoms with Gasteiger partial charge in [-0.15, -0.1) is 0 Å². The number of allylic oxidation sites excluding steroid dienone is 1. The van der Waals surface area contributed by atoms with Crippen LogP contribution in [-0.2, 0) is 0 Å². The molecular weight excluding hydrogens is 264 g/mol. The number of ketones is 1. The van der Waals surface area contributed by atoms with E-state index in [1.807, 2.05) is 32.0 Å². The maximum Gasteiger partial charge on any atom is 0.186 e. The zero-order chi connectivity index (χ0) is 15.4. The molecule has 2 aromatic rings. The normalized spacial score (nSPS) is 10.8. The Morgan fingerprint density at radius 3 is 2.57 bits per heavy atom. The zero-order valence-electron chi connectivity index (χ0n) is 12.4. The quantitative estimate of drug-likeness (QED) is 0.683. The first kappa shape index (κ1) is 14.9. The van der Waals surface area contributed by atoms with Crippen molar-refractivity contribution in [1.82, 2.24) is 0 Å². The molecule has 21 heavy (non-hydrogen) atoms. The summed E-state index contributed by atoms with van der Waals surface area (Å²) < 4.78 is 4.98. The van der Waals surface area contributed by atoms with Crippen LogP contribution in [0.4, 0.5) is 0 Å². The minimum absolute atomic E-state index is 0.0495. The van der Waals surface area contributed by atoms with Crippen LogP contribution in [0.2, 0.25) is 0 Å². The number of aromatic hydroxyl groups is 1. The average molecular weight is 282 g/mol. The Hall–Kier alpha value is -2.55. The standard InChI is InChI=1S/C18H18O3/c1-12-4-5-13(2)15(10-12)16(19)8-6-14-7-9-18(21-3)17(20)11-14/h4-11,20H,1-3H3/b8-6+. The fourth-order valence-corrected chi connectivity index (χ4v) is 2.07. The molecule has 0 heterocycles. The van der Waals surface area contributed by atoms with Crippen LogP contribution in [0.15, 0.2) is 42.5 Å². The van der Waals surface area contributed by atoms with Gasteiger partial charge in [0.2, 0.25) is 0 Å². The van der Waals surface area contributed by atoms with Gasteiger partial charge >= 0.3 is 0 Å². The SMILES string of the molecule is COc1ccc(/C=C/C(=O)c2cc(C)ccc2C)cc1O. The number of phenolic OH excluding ortho intramolecular Hbond substituents is 1. The number of hydrogen-bond donors (Lipinski definition) is 1. The lowest BCUT2D eigenvalue weighted by molar-refractivity contribution is 0.104. The van der Waals surface area contributed by atoms with E-state index in [2.05, 4.69) is 0 Å². The highest BCUT2D eigenvalue weighted by atomic mass is 16.5. The summed E-state index contributed by atoms with van der Waals surface area (Å²) in [6.45, 7) is 3.88. The van der Waals surface area contributed by atoms with E-state index >= 15 is 0 Å². The molecule has 0 fully saturated rings. The Balaban J connectivity index is 2.22. The largest absolute Gasteiger partial charge is 0.504 e. The van der Waals surface area contributed by atoms with E-state index < -0.39 is 0 Å². The van der Waals surface area contributed by atoms with Gasteiger partial charge in [-0.25, -0.2) is 0 Å².